The van der Waals surface area contributed by atoms with Crippen LogP contribution in [0.2, 0.25) is 0 Å². The highest BCUT2D eigenvalue weighted by Gasteiger charge is 2.44. The summed E-state index contributed by atoms with van der Waals surface area (Å²) in [5, 5.41) is 20.7. The average molecular weight is 360 g/mol. The molecular formula is C13H15F3N6O3. The summed E-state index contributed by atoms with van der Waals surface area (Å²) >= 11 is 0. The predicted octanol–water partition coefficient (Wildman–Crippen LogP) is 1.65. The van der Waals surface area contributed by atoms with Gasteiger partial charge in [0.05, 0.1) is 17.2 Å². The molecule has 2 rings (SSSR count). The number of halogens is 3. The molecule has 0 aliphatic carbocycles. The van der Waals surface area contributed by atoms with Gasteiger partial charge in [0.2, 0.25) is 11.6 Å². The van der Waals surface area contributed by atoms with Gasteiger partial charge in [0.25, 0.3) is 0 Å². The summed E-state index contributed by atoms with van der Waals surface area (Å²) in [5.41, 5.74) is -2.54. The van der Waals surface area contributed by atoms with E-state index in [-0.39, 0.29) is 12.2 Å². The molecule has 0 radical (unpaired) electrons. The van der Waals surface area contributed by atoms with Crippen molar-refractivity contribution in [2.75, 3.05) is 0 Å². The number of nitrogens with zero attached hydrogens (tertiary/aromatic N) is 5. The Balaban J connectivity index is 2.11. The molecule has 12 heteroatoms. The summed E-state index contributed by atoms with van der Waals surface area (Å²) in [4.78, 5) is 21.6. The van der Waals surface area contributed by atoms with Gasteiger partial charge in [-0.3, -0.25) is 24.3 Å². The highest BCUT2D eigenvalue weighted by atomic mass is 19.4. The number of amides is 1. The average Bonchev–Trinajstić information content (AvgIpc) is 3.10. The highest BCUT2D eigenvalue weighted by molar-refractivity contribution is 5.75. The summed E-state index contributed by atoms with van der Waals surface area (Å²) in [7, 11) is 0. The fourth-order valence-electron chi connectivity index (χ4n) is 2.16. The molecule has 9 nitrogen and oxygen atoms in total. The summed E-state index contributed by atoms with van der Waals surface area (Å²) in [6, 6.07) is 1.69. The summed E-state index contributed by atoms with van der Waals surface area (Å²) in [5.74, 6) is -0.639. The lowest BCUT2D eigenvalue weighted by atomic mass is 10.3. The van der Waals surface area contributed by atoms with Gasteiger partial charge in [0, 0.05) is 12.7 Å². The zero-order valence-electron chi connectivity index (χ0n) is 13.4. The Morgan fingerprint density at radius 1 is 1.40 bits per heavy atom. The van der Waals surface area contributed by atoms with E-state index in [1.807, 2.05) is 6.92 Å². The van der Waals surface area contributed by atoms with Gasteiger partial charge in [-0.2, -0.15) is 23.4 Å². The molecule has 25 heavy (non-hydrogen) atoms. The van der Waals surface area contributed by atoms with E-state index in [9.17, 15) is 28.1 Å². The van der Waals surface area contributed by atoms with Crippen molar-refractivity contribution in [3.8, 4) is 0 Å². The molecule has 136 valence electrons. The van der Waals surface area contributed by atoms with Crippen LogP contribution in [-0.4, -0.2) is 30.4 Å². The van der Waals surface area contributed by atoms with Crippen LogP contribution in [0.4, 0.5) is 18.9 Å². The molecule has 0 unspecified atom stereocenters. The molecule has 0 fully saturated rings. The molecule has 0 bridgehead atoms. The van der Waals surface area contributed by atoms with Gasteiger partial charge >= 0.3 is 11.9 Å². The Morgan fingerprint density at radius 3 is 2.56 bits per heavy atom. The number of carbonyl (C=O) groups is 1. The number of hydrogen-bond acceptors (Lipinski definition) is 5. The van der Waals surface area contributed by atoms with E-state index in [4.69, 9.17) is 0 Å². The second-order valence-electron chi connectivity index (χ2n) is 5.13. The third kappa shape index (κ3) is 4.14. The maximum absolute atomic E-state index is 12.9. The van der Waals surface area contributed by atoms with E-state index in [0.717, 1.165) is 6.92 Å². The monoisotopic (exact) mass is 360 g/mol. The van der Waals surface area contributed by atoms with Gasteiger partial charge in [0.1, 0.15) is 12.2 Å². The van der Waals surface area contributed by atoms with Crippen LogP contribution >= 0.6 is 0 Å². The molecule has 0 saturated carbocycles. The van der Waals surface area contributed by atoms with Crippen molar-refractivity contribution < 1.29 is 22.9 Å². The fourth-order valence-corrected chi connectivity index (χ4v) is 2.16. The first-order valence-electron chi connectivity index (χ1n) is 7.21. The Morgan fingerprint density at radius 2 is 2.08 bits per heavy atom. The molecule has 1 amide bonds. The van der Waals surface area contributed by atoms with Gasteiger partial charge < -0.3 is 5.32 Å². The van der Waals surface area contributed by atoms with Gasteiger partial charge in [-0.05, 0) is 19.9 Å². The van der Waals surface area contributed by atoms with Crippen LogP contribution in [0.5, 0.6) is 0 Å². The van der Waals surface area contributed by atoms with E-state index >= 15 is 0 Å². The third-order valence-corrected chi connectivity index (χ3v) is 3.41. The van der Waals surface area contributed by atoms with Crippen molar-refractivity contribution in [1.29, 1.82) is 0 Å². The van der Waals surface area contributed by atoms with Crippen LogP contribution in [0.3, 0.4) is 0 Å². The van der Waals surface area contributed by atoms with Crippen molar-refractivity contribution in [3.05, 3.63) is 39.5 Å². The molecule has 0 atom stereocenters. The van der Waals surface area contributed by atoms with Crippen molar-refractivity contribution in [3.63, 3.8) is 0 Å². The fraction of sp³-hybridized carbons (Fsp3) is 0.462. The molecule has 0 spiro atoms. The number of nitrogens with one attached hydrogen (secondary N) is 1. The maximum Gasteiger partial charge on any atom is 0.442 e. The quantitative estimate of drug-likeness (QED) is 0.622. The number of hydrogen-bond donors (Lipinski definition) is 1. The second-order valence-corrected chi connectivity index (χ2v) is 5.13. The molecule has 1 N–H and O–H groups in total. The van der Waals surface area contributed by atoms with Crippen molar-refractivity contribution in [2.24, 2.45) is 0 Å². The highest BCUT2D eigenvalue weighted by Crippen LogP contribution is 2.36. The van der Waals surface area contributed by atoms with Gasteiger partial charge in [0.15, 0.2) is 0 Å². The van der Waals surface area contributed by atoms with Gasteiger partial charge in [-0.1, -0.05) is 0 Å². The molecule has 0 aliphatic heterocycles. The summed E-state index contributed by atoms with van der Waals surface area (Å²) in [6.45, 7) is 3.17. The topological polar surface area (TPSA) is 108 Å². The van der Waals surface area contributed by atoms with E-state index in [1.165, 1.54) is 0 Å². The molecule has 0 aliphatic rings. The first-order valence-corrected chi connectivity index (χ1v) is 7.21. The zero-order chi connectivity index (χ0) is 18.8. The second kappa shape index (κ2) is 6.91. The first-order chi connectivity index (χ1) is 11.6. The van der Waals surface area contributed by atoms with Gasteiger partial charge in [-0.25, -0.2) is 0 Å². The van der Waals surface area contributed by atoms with E-state index in [2.05, 4.69) is 15.5 Å². The first kappa shape index (κ1) is 18.4. The summed E-state index contributed by atoms with van der Waals surface area (Å²) in [6.07, 6.45) is -3.26. The van der Waals surface area contributed by atoms with Crippen LogP contribution in [0.1, 0.15) is 24.0 Å². The standard InChI is InChI=1S/C13H15F3N6O3/c1-3-20-5-4-9(18-20)6-17-10(23)7-21-8(2)11(22(24)25)12(19-21)13(14,15)16/h4-5H,3,6-7H2,1-2H3,(H,17,23). The Bertz CT molecular complexity index is 796. The van der Waals surface area contributed by atoms with Crippen LogP contribution < -0.4 is 5.32 Å². The predicted molar refractivity (Wildman–Crippen MR) is 78.4 cm³/mol. The maximum atomic E-state index is 12.9. The number of aryl methyl sites for hydroxylation is 1. The van der Waals surface area contributed by atoms with Gasteiger partial charge in [-0.15, -0.1) is 0 Å². The van der Waals surface area contributed by atoms with E-state index in [1.54, 1.807) is 16.9 Å². The lowest BCUT2D eigenvalue weighted by Gasteiger charge is -2.05. The molecule has 0 aromatic carbocycles. The SMILES string of the molecule is CCn1ccc(CNC(=O)Cn2nc(C(F)(F)F)c([N+](=O)[O-])c2C)n1. The molecule has 0 saturated heterocycles. The number of rotatable bonds is 6. The zero-order valence-corrected chi connectivity index (χ0v) is 13.4. The minimum absolute atomic E-state index is 0.0837. The minimum atomic E-state index is -4.98. The number of aromatic nitrogens is 4. The van der Waals surface area contributed by atoms with E-state index < -0.39 is 34.9 Å². The van der Waals surface area contributed by atoms with Crippen LogP contribution in [-0.2, 0) is 30.6 Å². The van der Waals surface area contributed by atoms with Crippen molar-refractivity contribution in [2.45, 2.75) is 39.7 Å². The molecule has 2 aromatic heterocycles. The lowest BCUT2D eigenvalue weighted by Crippen LogP contribution is -2.28. The Kier molecular flexibility index (Phi) is 5.09. The van der Waals surface area contributed by atoms with Crippen LogP contribution in [0.15, 0.2) is 12.3 Å². The van der Waals surface area contributed by atoms with Crippen molar-refractivity contribution >= 4 is 11.6 Å². The molecule has 2 aromatic rings. The number of carbonyl (C=O) groups excluding carboxylic acids is 1. The minimum Gasteiger partial charge on any atom is -0.349 e. The summed E-state index contributed by atoms with van der Waals surface area (Å²) < 4.78 is 40.9. The molecule has 2 heterocycles. The Labute approximate surface area is 139 Å². The number of nitro groups is 1. The van der Waals surface area contributed by atoms with Crippen molar-refractivity contribution in [1.82, 2.24) is 24.9 Å². The van der Waals surface area contributed by atoms with Crippen LogP contribution in [0, 0.1) is 17.0 Å². The normalized spacial score (nSPS) is 11.6. The van der Waals surface area contributed by atoms with Crippen LogP contribution in [0.25, 0.3) is 0 Å². The Hall–Kier alpha value is -2.92. The smallest absolute Gasteiger partial charge is 0.349 e. The van der Waals surface area contributed by atoms with E-state index in [0.29, 0.717) is 16.9 Å². The lowest BCUT2D eigenvalue weighted by molar-refractivity contribution is -0.388. The number of alkyl halides is 3. The largest absolute Gasteiger partial charge is 0.442 e. The molecular weight excluding hydrogens is 345 g/mol. The third-order valence-electron chi connectivity index (χ3n) is 3.41.